The molecule has 1 heterocycles. The van der Waals surface area contributed by atoms with E-state index in [0.717, 1.165) is 0 Å². The van der Waals surface area contributed by atoms with E-state index in [0.29, 0.717) is 11.5 Å². The Balaban J connectivity index is 2.65. The molecule has 0 saturated carbocycles. The number of carbonyl (C=O) groups excluding carboxylic acids is 1. The fraction of sp³-hybridized carbons (Fsp3) is 0.143. The Morgan fingerprint density at radius 2 is 2.50 bits per heavy atom. The van der Waals surface area contributed by atoms with Gasteiger partial charge in [-0.15, -0.1) is 0 Å². The fourth-order valence-electron chi connectivity index (χ4n) is 0.678. The van der Waals surface area contributed by atoms with Crippen molar-refractivity contribution < 1.29 is 9.21 Å². The van der Waals surface area contributed by atoms with Gasteiger partial charge in [0.1, 0.15) is 11.5 Å². The van der Waals surface area contributed by atoms with Crippen LogP contribution < -0.4 is 11.2 Å². The molecule has 5 nitrogen and oxygen atoms in total. The van der Waals surface area contributed by atoms with Crippen LogP contribution in [0.3, 0.4) is 0 Å². The molecule has 0 aliphatic rings. The minimum absolute atomic E-state index is 0.568. The van der Waals surface area contributed by atoms with Crippen LogP contribution in [0.2, 0.25) is 0 Å². The van der Waals surface area contributed by atoms with E-state index in [4.69, 9.17) is 10.2 Å². The summed E-state index contributed by atoms with van der Waals surface area (Å²) < 4.78 is 5.00. The van der Waals surface area contributed by atoms with Gasteiger partial charge in [0.2, 0.25) is 0 Å². The molecule has 1 aromatic heterocycles. The smallest absolute Gasteiger partial charge is 0.332 e. The average molecular weight is 167 g/mol. The number of carbonyl (C=O) groups is 1. The van der Waals surface area contributed by atoms with Crippen molar-refractivity contribution in [1.29, 1.82) is 0 Å². The molecule has 12 heavy (non-hydrogen) atoms. The number of furan rings is 1. The minimum atomic E-state index is -0.694. The van der Waals surface area contributed by atoms with Crippen LogP contribution in [-0.4, -0.2) is 11.7 Å². The summed E-state index contributed by atoms with van der Waals surface area (Å²) in [7, 11) is 0. The third-order valence-electron chi connectivity index (χ3n) is 1.21. The first-order chi connectivity index (χ1) is 5.70. The van der Waals surface area contributed by atoms with Crippen molar-refractivity contribution in [1.82, 2.24) is 5.43 Å². The van der Waals surface area contributed by atoms with Crippen LogP contribution in [0.1, 0.15) is 12.7 Å². The summed E-state index contributed by atoms with van der Waals surface area (Å²) in [5.41, 5.74) is 7.48. The van der Waals surface area contributed by atoms with Gasteiger partial charge < -0.3 is 10.2 Å². The van der Waals surface area contributed by atoms with Gasteiger partial charge in [0.15, 0.2) is 0 Å². The molecule has 0 saturated heterocycles. The van der Waals surface area contributed by atoms with Crippen LogP contribution in [0.5, 0.6) is 0 Å². The summed E-state index contributed by atoms with van der Waals surface area (Å²) in [6, 6.07) is 2.78. The summed E-state index contributed by atoms with van der Waals surface area (Å²) >= 11 is 0. The zero-order chi connectivity index (χ0) is 8.97. The maximum atomic E-state index is 10.2. The zero-order valence-corrected chi connectivity index (χ0v) is 6.57. The number of amides is 2. The molecule has 0 bridgehead atoms. The molecule has 0 aliphatic carbocycles. The van der Waals surface area contributed by atoms with Crippen molar-refractivity contribution in [2.75, 3.05) is 0 Å². The van der Waals surface area contributed by atoms with E-state index in [1.54, 1.807) is 19.1 Å². The maximum Gasteiger partial charge on any atom is 0.332 e. The lowest BCUT2D eigenvalue weighted by atomic mass is 10.3. The molecule has 0 unspecified atom stereocenters. The first kappa shape index (κ1) is 8.32. The van der Waals surface area contributed by atoms with Gasteiger partial charge in [-0.25, -0.2) is 10.2 Å². The number of nitrogens with one attached hydrogen (secondary N) is 1. The third kappa shape index (κ3) is 2.12. The van der Waals surface area contributed by atoms with E-state index in [2.05, 4.69) is 10.5 Å². The molecule has 5 heteroatoms. The summed E-state index contributed by atoms with van der Waals surface area (Å²) in [6.07, 6.45) is 1.53. The minimum Gasteiger partial charge on any atom is -0.463 e. The molecule has 1 aromatic rings. The second-order valence-corrected chi connectivity index (χ2v) is 2.15. The van der Waals surface area contributed by atoms with Gasteiger partial charge in [-0.05, 0) is 19.1 Å². The van der Waals surface area contributed by atoms with Gasteiger partial charge in [0, 0.05) is 0 Å². The summed E-state index contributed by atoms with van der Waals surface area (Å²) in [6.45, 7) is 1.70. The first-order valence-electron chi connectivity index (χ1n) is 3.34. The lowest BCUT2D eigenvalue weighted by molar-refractivity contribution is 0.249. The highest BCUT2D eigenvalue weighted by atomic mass is 16.3. The normalized spacial score (nSPS) is 11.2. The highest BCUT2D eigenvalue weighted by Crippen LogP contribution is 2.00. The summed E-state index contributed by atoms with van der Waals surface area (Å²) in [5, 5.41) is 3.66. The first-order valence-corrected chi connectivity index (χ1v) is 3.34. The van der Waals surface area contributed by atoms with Crippen LogP contribution in [-0.2, 0) is 0 Å². The van der Waals surface area contributed by atoms with Gasteiger partial charge in [0.05, 0.1) is 6.26 Å². The number of urea groups is 1. The van der Waals surface area contributed by atoms with E-state index in [-0.39, 0.29) is 0 Å². The molecular formula is C7H9N3O2. The Kier molecular flexibility index (Phi) is 2.47. The molecule has 0 spiro atoms. The second kappa shape index (κ2) is 3.56. The van der Waals surface area contributed by atoms with Gasteiger partial charge in [-0.1, -0.05) is 0 Å². The molecule has 2 amide bonds. The fourth-order valence-corrected chi connectivity index (χ4v) is 0.678. The highest BCUT2D eigenvalue weighted by molar-refractivity contribution is 5.96. The van der Waals surface area contributed by atoms with Gasteiger partial charge in [-0.3, -0.25) is 0 Å². The standard InChI is InChI=1S/C7H9N3O2/c1-5(9-10-7(8)11)6-3-2-4-12-6/h2-4H,1H3,(H3,8,10,11)/b9-5+. The molecule has 0 aromatic carbocycles. The topological polar surface area (TPSA) is 80.6 Å². The van der Waals surface area contributed by atoms with Crippen LogP contribution in [0.15, 0.2) is 27.9 Å². The molecule has 3 N–H and O–H groups in total. The molecule has 0 fully saturated rings. The van der Waals surface area contributed by atoms with Crippen molar-refractivity contribution >= 4 is 11.7 Å². The molecule has 1 rings (SSSR count). The maximum absolute atomic E-state index is 10.2. The number of hydrazone groups is 1. The van der Waals surface area contributed by atoms with E-state index in [1.165, 1.54) is 6.26 Å². The van der Waals surface area contributed by atoms with Crippen molar-refractivity contribution in [2.24, 2.45) is 10.8 Å². The molecular weight excluding hydrogens is 158 g/mol. The van der Waals surface area contributed by atoms with E-state index in [9.17, 15) is 4.79 Å². The average Bonchev–Trinajstić information content (AvgIpc) is 2.51. The monoisotopic (exact) mass is 167 g/mol. The Morgan fingerprint density at radius 1 is 1.75 bits per heavy atom. The predicted molar refractivity (Wildman–Crippen MR) is 43.6 cm³/mol. The number of nitrogens with two attached hydrogens (primary N) is 1. The van der Waals surface area contributed by atoms with Gasteiger partial charge in [0.25, 0.3) is 0 Å². The molecule has 0 aliphatic heterocycles. The van der Waals surface area contributed by atoms with E-state index >= 15 is 0 Å². The molecule has 0 atom stereocenters. The van der Waals surface area contributed by atoms with E-state index in [1.807, 2.05) is 0 Å². The van der Waals surface area contributed by atoms with Crippen molar-refractivity contribution in [2.45, 2.75) is 6.92 Å². The highest BCUT2D eigenvalue weighted by Gasteiger charge is 1.99. The van der Waals surface area contributed by atoms with Gasteiger partial charge >= 0.3 is 6.03 Å². The zero-order valence-electron chi connectivity index (χ0n) is 6.57. The van der Waals surface area contributed by atoms with Crippen LogP contribution in [0.25, 0.3) is 0 Å². The number of hydrogen-bond donors (Lipinski definition) is 2. The Morgan fingerprint density at radius 3 is 3.00 bits per heavy atom. The number of rotatable bonds is 2. The van der Waals surface area contributed by atoms with Crippen LogP contribution in [0, 0.1) is 0 Å². The van der Waals surface area contributed by atoms with Crippen molar-refractivity contribution in [3.63, 3.8) is 0 Å². The molecule has 64 valence electrons. The Bertz CT molecular complexity index is 290. The SMILES string of the molecule is C/C(=N\NC(N)=O)c1ccco1. The third-order valence-corrected chi connectivity index (χ3v) is 1.21. The number of nitrogens with zero attached hydrogens (tertiary/aromatic N) is 1. The largest absolute Gasteiger partial charge is 0.463 e. The lowest BCUT2D eigenvalue weighted by Gasteiger charge is -1.94. The quantitative estimate of drug-likeness (QED) is 0.501. The number of primary amides is 1. The van der Waals surface area contributed by atoms with Crippen LogP contribution >= 0.6 is 0 Å². The van der Waals surface area contributed by atoms with Crippen LogP contribution in [0.4, 0.5) is 4.79 Å². The Labute approximate surface area is 69.2 Å². The van der Waals surface area contributed by atoms with Crippen molar-refractivity contribution in [3.8, 4) is 0 Å². The summed E-state index contributed by atoms with van der Waals surface area (Å²) in [4.78, 5) is 10.2. The molecule has 0 radical (unpaired) electrons. The predicted octanol–water partition coefficient (Wildman–Crippen LogP) is 0.672. The van der Waals surface area contributed by atoms with Gasteiger partial charge in [-0.2, -0.15) is 5.10 Å². The lowest BCUT2D eigenvalue weighted by Crippen LogP contribution is -2.25. The van der Waals surface area contributed by atoms with E-state index < -0.39 is 6.03 Å². The summed E-state index contributed by atoms with van der Waals surface area (Å²) in [5.74, 6) is 0.601. The Hall–Kier alpha value is -1.78. The van der Waals surface area contributed by atoms with Crippen molar-refractivity contribution in [3.05, 3.63) is 24.2 Å². The second-order valence-electron chi connectivity index (χ2n) is 2.15. The number of hydrogen-bond acceptors (Lipinski definition) is 3.